The lowest BCUT2D eigenvalue weighted by Gasteiger charge is -2.26. The van der Waals surface area contributed by atoms with Crippen molar-refractivity contribution in [1.29, 1.82) is 0 Å². The van der Waals surface area contributed by atoms with E-state index in [1.54, 1.807) is 55.7 Å². The lowest BCUT2D eigenvalue weighted by Crippen LogP contribution is -2.37. The van der Waals surface area contributed by atoms with Crippen molar-refractivity contribution < 1.29 is 18.3 Å². The molecule has 0 aliphatic carbocycles. The van der Waals surface area contributed by atoms with Gasteiger partial charge in [0, 0.05) is 36.6 Å². The molecule has 4 heterocycles. The molecular weight excluding hydrogens is 544 g/mol. The third-order valence-corrected chi connectivity index (χ3v) is 8.84. The van der Waals surface area contributed by atoms with Crippen LogP contribution in [0, 0.1) is 13.8 Å². The molecule has 41 heavy (non-hydrogen) atoms. The fraction of sp³-hybridized carbons (Fsp3) is 0.241. The van der Waals surface area contributed by atoms with Crippen LogP contribution < -0.4 is 10.5 Å². The second-order valence-corrected chi connectivity index (χ2v) is 11.8. The molecule has 0 amide bonds. The standard InChI is InChI=1S/C29H28N6O5S/c1-19-8-9-25(36)20(2)26(19)34-18-32-27-23(28(34)37)14-24(35(27)41(38,39)17-21-6-4-3-5-7-21)22-15-30-29(31-16-22)33-10-12-40-13-11-33/h3-9,14-16,18,36H,10-13,17H2,1-2H3. The van der Waals surface area contributed by atoms with Crippen LogP contribution in [0.25, 0.3) is 28.0 Å². The molecule has 1 fully saturated rings. The van der Waals surface area contributed by atoms with Gasteiger partial charge in [-0.15, -0.1) is 0 Å². The van der Waals surface area contributed by atoms with Gasteiger partial charge in [0.05, 0.1) is 35.7 Å². The smallest absolute Gasteiger partial charge is 0.267 e. The van der Waals surface area contributed by atoms with Crippen LogP contribution in [0.4, 0.5) is 5.95 Å². The molecule has 0 saturated carbocycles. The number of fused-ring (bicyclic) bond motifs is 1. The van der Waals surface area contributed by atoms with Gasteiger partial charge < -0.3 is 14.7 Å². The SMILES string of the molecule is Cc1ccc(O)c(C)c1-n1cnc2c(cc(-c3cnc(N4CCOCC4)nc3)n2S(=O)(=O)Cc2ccccc2)c1=O. The third kappa shape index (κ3) is 4.85. The first-order valence-corrected chi connectivity index (χ1v) is 14.7. The zero-order valence-electron chi connectivity index (χ0n) is 22.6. The van der Waals surface area contributed by atoms with Crippen molar-refractivity contribution in [1.82, 2.24) is 23.5 Å². The number of aryl methyl sites for hydroxylation is 1. The average molecular weight is 573 g/mol. The number of benzene rings is 2. The van der Waals surface area contributed by atoms with Crippen LogP contribution in [0.2, 0.25) is 0 Å². The molecule has 11 nitrogen and oxygen atoms in total. The Balaban J connectivity index is 1.54. The van der Waals surface area contributed by atoms with Gasteiger partial charge in [-0.25, -0.2) is 27.3 Å². The van der Waals surface area contributed by atoms with E-state index in [0.29, 0.717) is 54.6 Å². The number of aromatic nitrogens is 5. The number of phenols is 1. The summed E-state index contributed by atoms with van der Waals surface area (Å²) in [5, 5.41) is 10.4. The van der Waals surface area contributed by atoms with Crippen molar-refractivity contribution in [3.63, 3.8) is 0 Å². The van der Waals surface area contributed by atoms with Crippen LogP contribution in [0.3, 0.4) is 0 Å². The molecule has 5 aromatic rings. The van der Waals surface area contributed by atoms with Gasteiger partial charge >= 0.3 is 0 Å². The van der Waals surface area contributed by atoms with Gasteiger partial charge in [0.15, 0.2) is 5.65 Å². The minimum Gasteiger partial charge on any atom is -0.508 e. The highest BCUT2D eigenvalue weighted by molar-refractivity contribution is 7.89. The minimum atomic E-state index is -4.04. The van der Waals surface area contributed by atoms with Crippen LogP contribution in [0.5, 0.6) is 5.75 Å². The summed E-state index contributed by atoms with van der Waals surface area (Å²) in [5.41, 5.74) is 2.55. The Morgan fingerprint density at radius 1 is 0.976 bits per heavy atom. The highest BCUT2D eigenvalue weighted by Crippen LogP contribution is 2.30. The Labute approximate surface area is 236 Å². The summed E-state index contributed by atoms with van der Waals surface area (Å²) in [6, 6.07) is 13.6. The number of phenolic OH excluding ortho intramolecular Hbond substituents is 1. The minimum absolute atomic E-state index is 0.00453. The fourth-order valence-corrected chi connectivity index (χ4v) is 6.73. The number of nitrogens with zero attached hydrogens (tertiary/aromatic N) is 6. The molecule has 0 spiro atoms. The molecule has 1 aliphatic heterocycles. The topological polar surface area (TPSA) is 132 Å². The zero-order valence-corrected chi connectivity index (χ0v) is 23.4. The van der Waals surface area contributed by atoms with Crippen molar-refractivity contribution in [2.45, 2.75) is 19.6 Å². The molecule has 0 radical (unpaired) electrons. The molecule has 1 saturated heterocycles. The van der Waals surface area contributed by atoms with E-state index in [0.717, 1.165) is 9.54 Å². The summed E-state index contributed by atoms with van der Waals surface area (Å²) in [6.45, 7) is 6.00. The van der Waals surface area contributed by atoms with Crippen molar-refractivity contribution >= 4 is 27.0 Å². The summed E-state index contributed by atoms with van der Waals surface area (Å²) in [5.74, 6) is 0.258. The highest BCUT2D eigenvalue weighted by atomic mass is 32.2. The van der Waals surface area contributed by atoms with E-state index in [2.05, 4.69) is 15.0 Å². The lowest BCUT2D eigenvalue weighted by atomic mass is 10.1. The zero-order chi connectivity index (χ0) is 28.7. The third-order valence-electron chi connectivity index (χ3n) is 7.22. The maximum Gasteiger partial charge on any atom is 0.267 e. The predicted octanol–water partition coefficient (Wildman–Crippen LogP) is 3.18. The van der Waals surface area contributed by atoms with Crippen LogP contribution in [0.1, 0.15) is 16.7 Å². The second kappa shape index (κ2) is 10.5. The molecule has 3 aromatic heterocycles. The van der Waals surface area contributed by atoms with Gasteiger partial charge in [-0.2, -0.15) is 0 Å². The Morgan fingerprint density at radius 2 is 1.68 bits per heavy atom. The van der Waals surface area contributed by atoms with E-state index < -0.39 is 15.6 Å². The van der Waals surface area contributed by atoms with E-state index in [-0.39, 0.29) is 28.2 Å². The average Bonchev–Trinajstić information content (AvgIpc) is 3.39. The first-order chi connectivity index (χ1) is 19.7. The molecule has 6 rings (SSSR count). The van der Waals surface area contributed by atoms with E-state index in [1.807, 2.05) is 17.9 Å². The predicted molar refractivity (Wildman–Crippen MR) is 155 cm³/mol. The maximum absolute atomic E-state index is 13.9. The fourth-order valence-electron chi connectivity index (χ4n) is 5.12. The summed E-state index contributed by atoms with van der Waals surface area (Å²) in [7, 11) is -4.04. The molecular formula is C29H28N6O5S. The number of aromatic hydroxyl groups is 1. The molecule has 1 N–H and O–H groups in total. The number of rotatable bonds is 6. The Bertz CT molecular complexity index is 1910. The van der Waals surface area contributed by atoms with E-state index in [4.69, 9.17) is 4.74 Å². The number of anilines is 1. The summed E-state index contributed by atoms with van der Waals surface area (Å²) in [6.07, 6.45) is 4.42. The van der Waals surface area contributed by atoms with Crippen molar-refractivity contribution in [3.05, 3.63) is 94.3 Å². The van der Waals surface area contributed by atoms with Gasteiger partial charge in [0.25, 0.3) is 5.56 Å². The van der Waals surface area contributed by atoms with E-state index >= 15 is 0 Å². The summed E-state index contributed by atoms with van der Waals surface area (Å²) < 4.78 is 35.7. The van der Waals surface area contributed by atoms with Crippen LogP contribution in [-0.2, 0) is 20.5 Å². The number of hydrogen-bond acceptors (Lipinski definition) is 9. The molecule has 1 aliphatic rings. The molecule has 12 heteroatoms. The molecule has 0 bridgehead atoms. The first kappa shape index (κ1) is 26.7. The van der Waals surface area contributed by atoms with Crippen molar-refractivity contribution in [3.8, 4) is 22.7 Å². The number of morpholine rings is 1. The van der Waals surface area contributed by atoms with Crippen LogP contribution >= 0.6 is 0 Å². The quantitative estimate of drug-likeness (QED) is 0.326. The Morgan fingerprint density at radius 3 is 2.39 bits per heavy atom. The second-order valence-electron chi connectivity index (χ2n) is 9.94. The Kier molecular flexibility index (Phi) is 6.80. The van der Waals surface area contributed by atoms with Crippen LogP contribution in [-0.4, -0.2) is 63.3 Å². The van der Waals surface area contributed by atoms with Gasteiger partial charge in [-0.05, 0) is 37.1 Å². The molecule has 2 aromatic carbocycles. The lowest BCUT2D eigenvalue weighted by molar-refractivity contribution is 0.122. The monoisotopic (exact) mass is 572 g/mol. The molecule has 0 atom stereocenters. The summed E-state index contributed by atoms with van der Waals surface area (Å²) in [4.78, 5) is 29.3. The normalized spacial score (nSPS) is 14.0. The van der Waals surface area contributed by atoms with Crippen LogP contribution in [0.15, 0.2) is 72.0 Å². The number of hydrogen-bond donors (Lipinski definition) is 1. The van der Waals surface area contributed by atoms with Gasteiger partial charge in [-0.1, -0.05) is 36.4 Å². The van der Waals surface area contributed by atoms with Gasteiger partial charge in [-0.3, -0.25) is 9.36 Å². The largest absolute Gasteiger partial charge is 0.508 e. The highest BCUT2D eigenvalue weighted by Gasteiger charge is 2.26. The molecule has 0 unspecified atom stereocenters. The van der Waals surface area contributed by atoms with Gasteiger partial charge in [0.1, 0.15) is 12.1 Å². The van der Waals surface area contributed by atoms with E-state index in [1.165, 1.54) is 17.0 Å². The summed E-state index contributed by atoms with van der Waals surface area (Å²) >= 11 is 0. The van der Waals surface area contributed by atoms with Crippen molar-refractivity contribution in [2.75, 3.05) is 31.2 Å². The number of ether oxygens (including phenoxy) is 1. The maximum atomic E-state index is 13.9. The molecule has 210 valence electrons. The Hall–Kier alpha value is -4.55. The van der Waals surface area contributed by atoms with E-state index in [9.17, 15) is 18.3 Å². The van der Waals surface area contributed by atoms with Gasteiger partial charge in [0.2, 0.25) is 16.0 Å². The first-order valence-electron chi connectivity index (χ1n) is 13.1. The van der Waals surface area contributed by atoms with Crippen molar-refractivity contribution in [2.24, 2.45) is 0 Å².